The van der Waals surface area contributed by atoms with Gasteiger partial charge in [0.2, 0.25) is 0 Å². The lowest BCUT2D eigenvalue weighted by Crippen LogP contribution is -2.41. The van der Waals surface area contributed by atoms with E-state index in [1.807, 2.05) is 16.8 Å². The molecular formula is C9H11F3N2OS. The first-order valence-corrected chi connectivity index (χ1v) is 5.39. The summed E-state index contributed by atoms with van der Waals surface area (Å²) in [5.74, 6) is 0. The first-order chi connectivity index (χ1) is 7.38. The lowest BCUT2D eigenvalue weighted by molar-refractivity contribution is -0.123. The fourth-order valence-electron chi connectivity index (χ4n) is 1.04. The molecule has 0 atom stereocenters. The summed E-state index contributed by atoms with van der Waals surface area (Å²) >= 11 is 1.47. The van der Waals surface area contributed by atoms with Gasteiger partial charge in [0.05, 0.1) is 0 Å². The summed E-state index contributed by atoms with van der Waals surface area (Å²) in [6, 6.07) is 1.08. The second-order valence-electron chi connectivity index (χ2n) is 3.26. The highest BCUT2D eigenvalue weighted by atomic mass is 32.1. The van der Waals surface area contributed by atoms with Crippen molar-refractivity contribution in [1.29, 1.82) is 0 Å². The quantitative estimate of drug-likeness (QED) is 0.880. The first-order valence-electron chi connectivity index (χ1n) is 4.45. The van der Waals surface area contributed by atoms with Crippen LogP contribution in [0.1, 0.15) is 5.56 Å². The molecule has 0 aliphatic rings. The van der Waals surface area contributed by atoms with E-state index in [1.165, 1.54) is 23.3 Å². The molecule has 7 heteroatoms. The van der Waals surface area contributed by atoms with Gasteiger partial charge in [-0.15, -0.1) is 0 Å². The van der Waals surface area contributed by atoms with Crippen molar-refractivity contribution in [2.45, 2.75) is 12.7 Å². The second-order valence-corrected chi connectivity index (χ2v) is 4.04. The molecule has 0 saturated heterocycles. The third kappa shape index (κ3) is 4.52. The maximum absolute atomic E-state index is 11.8. The summed E-state index contributed by atoms with van der Waals surface area (Å²) in [4.78, 5) is 12.4. The number of hydrogen-bond acceptors (Lipinski definition) is 2. The molecule has 0 spiro atoms. The Morgan fingerprint density at radius 2 is 2.25 bits per heavy atom. The van der Waals surface area contributed by atoms with Crippen LogP contribution in [0.3, 0.4) is 0 Å². The van der Waals surface area contributed by atoms with E-state index in [0.717, 1.165) is 5.56 Å². The van der Waals surface area contributed by atoms with Crippen LogP contribution in [-0.4, -0.2) is 30.7 Å². The molecule has 0 bridgehead atoms. The largest absolute Gasteiger partial charge is 0.405 e. The van der Waals surface area contributed by atoms with Crippen molar-refractivity contribution in [2.24, 2.45) is 0 Å². The Kier molecular flexibility index (Phi) is 4.17. The molecule has 90 valence electrons. The number of hydrogen-bond donors (Lipinski definition) is 1. The minimum absolute atomic E-state index is 0.299. The van der Waals surface area contributed by atoms with Crippen LogP contribution < -0.4 is 5.32 Å². The van der Waals surface area contributed by atoms with Crippen LogP contribution >= 0.6 is 11.3 Å². The van der Waals surface area contributed by atoms with Crippen LogP contribution in [0.15, 0.2) is 16.8 Å². The molecule has 1 aromatic rings. The summed E-state index contributed by atoms with van der Waals surface area (Å²) in [6.45, 7) is -1.01. The number of halogens is 3. The number of carbonyl (C=O) groups excluding carboxylic acids is 1. The molecule has 0 aliphatic carbocycles. The number of alkyl halides is 3. The van der Waals surface area contributed by atoms with E-state index >= 15 is 0 Å². The zero-order chi connectivity index (χ0) is 12.2. The number of urea groups is 1. The lowest BCUT2D eigenvalue weighted by atomic mass is 10.3. The first kappa shape index (κ1) is 12.8. The van der Waals surface area contributed by atoms with Gasteiger partial charge in [0, 0.05) is 13.6 Å². The van der Waals surface area contributed by atoms with Crippen molar-refractivity contribution in [3.8, 4) is 0 Å². The predicted octanol–water partition coefficient (Wildman–Crippen LogP) is 2.45. The molecule has 16 heavy (non-hydrogen) atoms. The molecule has 2 amide bonds. The van der Waals surface area contributed by atoms with E-state index < -0.39 is 18.8 Å². The van der Waals surface area contributed by atoms with Crippen LogP contribution in [0.2, 0.25) is 0 Å². The third-order valence-electron chi connectivity index (χ3n) is 1.79. The van der Waals surface area contributed by atoms with E-state index in [-0.39, 0.29) is 0 Å². The van der Waals surface area contributed by atoms with Crippen molar-refractivity contribution < 1.29 is 18.0 Å². The standard InChI is InChI=1S/C9H11F3N2OS/c1-14(4-7-2-3-16-5-7)8(15)13-6-9(10,11)12/h2-3,5H,4,6H2,1H3,(H,13,15). The molecule has 0 unspecified atom stereocenters. The Balaban J connectivity index is 2.37. The minimum atomic E-state index is -4.38. The molecule has 1 rings (SSSR count). The van der Waals surface area contributed by atoms with Crippen molar-refractivity contribution in [1.82, 2.24) is 10.2 Å². The number of nitrogens with zero attached hydrogens (tertiary/aromatic N) is 1. The van der Waals surface area contributed by atoms with Gasteiger partial charge in [-0.1, -0.05) is 0 Å². The second kappa shape index (κ2) is 5.20. The normalized spacial score (nSPS) is 11.2. The Morgan fingerprint density at radius 3 is 2.75 bits per heavy atom. The van der Waals surface area contributed by atoms with Gasteiger partial charge in [-0.2, -0.15) is 24.5 Å². The molecule has 0 fully saturated rings. The maximum atomic E-state index is 11.8. The van der Waals surface area contributed by atoms with Crippen molar-refractivity contribution in [3.63, 3.8) is 0 Å². The van der Waals surface area contributed by atoms with Gasteiger partial charge < -0.3 is 10.2 Å². The minimum Gasteiger partial charge on any atom is -0.329 e. The van der Waals surface area contributed by atoms with Crippen LogP contribution in [0.25, 0.3) is 0 Å². The van der Waals surface area contributed by atoms with Gasteiger partial charge in [0.15, 0.2) is 0 Å². The maximum Gasteiger partial charge on any atom is 0.405 e. The van der Waals surface area contributed by atoms with Crippen molar-refractivity contribution in [3.05, 3.63) is 22.4 Å². The smallest absolute Gasteiger partial charge is 0.329 e. The molecule has 0 saturated carbocycles. The summed E-state index contributed by atoms with van der Waals surface area (Å²) in [5, 5.41) is 5.49. The van der Waals surface area contributed by atoms with Gasteiger partial charge >= 0.3 is 12.2 Å². The van der Waals surface area contributed by atoms with Gasteiger partial charge in [-0.05, 0) is 22.4 Å². The monoisotopic (exact) mass is 252 g/mol. The number of nitrogens with one attached hydrogen (secondary N) is 1. The highest BCUT2D eigenvalue weighted by Gasteiger charge is 2.28. The van der Waals surface area contributed by atoms with Crippen LogP contribution in [-0.2, 0) is 6.54 Å². The van der Waals surface area contributed by atoms with Gasteiger partial charge in [-0.25, -0.2) is 4.79 Å². The van der Waals surface area contributed by atoms with Crippen LogP contribution in [0, 0.1) is 0 Å². The Labute approximate surface area is 94.9 Å². The topological polar surface area (TPSA) is 32.3 Å². The van der Waals surface area contributed by atoms with E-state index in [4.69, 9.17) is 0 Å². The van der Waals surface area contributed by atoms with E-state index in [9.17, 15) is 18.0 Å². The molecular weight excluding hydrogens is 241 g/mol. The van der Waals surface area contributed by atoms with E-state index in [1.54, 1.807) is 5.32 Å². The lowest BCUT2D eigenvalue weighted by Gasteiger charge is -2.17. The third-order valence-corrected chi connectivity index (χ3v) is 2.52. The van der Waals surface area contributed by atoms with Gasteiger partial charge in [-0.3, -0.25) is 0 Å². The highest BCUT2D eigenvalue weighted by Crippen LogP contribution is 2.13. The average molecular weight is 252 g/mol. The average Bonchev–Trinajstić information content (AvgIpc) is 2.65. The zero-order valence-electron chi connectivity index (χ0n) is 8.54. The Hall–Kier alpha value is -1.24. The van der Waals surface area contributed by atoms with Gasteiger partial charge in [0.1, 0.15) is 6.54 Å². The summed E-state index contributed by atoms with van der Waals surface area (Å²) < 4.78 is 35.5. The Morgan fingerprint density at radius 1 is 1.56 bits per heavy atom. The number of carbonyl (C=O) groups is 1. The van der Waals surface area contributed by atoms with Crippen molar-refractivity contribution >= 4 is 17.4 Å². The number of rotatable bonds is 3. The van der Waals surface area contributed by atoms with E-state index in [0.29, 0.717) is 6.54 Å². The highest BCUT2D eigenvalue weighted by molar-refractivity contribution is 7.07. The predicted molar refractivity (Wildman–Crippen MR) is 55.2 cm³/mol. The zero-order valence-corrected chi connectivity index (χ0v) is 9.36. The Bertz CT molecular complexity index is 337. The van der Waals surface area contributed by atoms with Crippen molar-refractivity contribution in [2.75, 3.05) is 13.6 Å². The summed E-state index contributed by atoms with van der Waals surface area (Å²) in [6.07, 6.45) is -4.38. The molecule has 1 heterocycles. The molecule has 0 radical (unpaired) electrons. The molecule has 0 aromatic carbocycles. The fraction of sp³-hybridized carbons (Fsp3) is 0.444. The van der Waals surface area contributed by atoms with Crippen LogP contribution in [0.4, 0.5) is 18.0 Å². The molecule has 0 aliphatic heterocycles. The summed E-state index contributed by atoms with van der Waals surface area (Å²) in [7, 11) is 1.45. The fourth-order valence-corrected chi connectivity index (χ4v) is 1.70. The molecule has 3 nitrogen and oxygen atoms in total. The summed E-state index contributed by atoms with van der Waals surface area (Å²) in [5.41, 5.74) is 0.898. The van der Waals surface area contributed by atoms with E-state index in [2.05, 4.69) is 0 Å². The molecule has 1 aromatic heterocycles. The van der Waals surface area contributed by atoms with Crippen LogP contribution in [0.5, 0.6) is 0 Å². The molecule has 1 N–H and O–H groups in total. The van der Waals surface area contributed by atoms with Gasteiger partial charge in [0.25, 0.3) is 0 Å². The number of thiophene rings is 1. The number of amides is 2. The SMILES string of the molecule is CN(Cc1ccsc1)C(=O)NCC(F)(F)F.